The van der Waals surface area contributed by atoms with E-state index in [1.165, 1.54) is 64.2 Å². The SMILES string of the molecule is CCCCCCCCCCCCN(CCCN1CCCCN(CCCN(CCCCCCCCCCCC)C(=O)[C@H](CO)NC(=O)[C@@H](N)CCCCNC(=O)[C@H](CCCCN)NC(=O)[C@@H](N)CCCCN)C1=O)C(=O)[C@H](CO)NC(=O)[C@@H](N)CCCCNC(=O)[C@H](CCCCN)NC(=O)[C@@H](N)CCCCN. The van der Waals surface area contributed by atoms with Gasteiger partial charge in [0.05, 0.1) is 37.4 Å². The maximum absolute atomic E-state index is 14.4. The van der Waals surface area contributed by atoms with Crippen LogP contribution >= 0.6 is 0 Å². The molecule has 1 saturated heterocycles. The Morgan fingerprint density at radius 1 is 0.349 bits per heavy atom. The lowest BCUT2D eigenvalue weighted by atomic mass is 10.1. The summed E-state index contributed by atoms with van der Waals surface area (Å²) in [4.78, 5) is 130. The molecule has 24 N–H and O–H groups in total. The first-order valence-electron chi connectivity index (χ1n) is 41.7. The van der Waals surface area contributed by atoms with E-state index in [9.17, 15) is 53.4 Å². The van der Waals surface area contributed by atoms with Gasteiger partial charge in [-0.15, -0.1) is 0 Å². The molecule has 618 valence electrons. The molecule has 0 saturated carbocycles. The van der Waals surface area contributed by atoms with Crippen LogP contribution in [0, 0.1) is 0 Å². The van der Waals surface area contributed by atoms with E-state index in [2.05, 4.69) is 45.7 Å². The van der Waals surface area contributed by atoms with Crippen molar-refractivity contribution in [3.8, 4) is 0 Å². The van der Waals surface area contributed by atoms with Gasteiger partial charge in [0.15, 0.2) is 0 Å². The van der Waals surface area contributed by atoms with Gasteiger partial charge in [-0.3, -0.25) is 38.4 Å². The molecule has 0 aromatic heterocycles. The molecule has 0 aromatic carbocycles. The minimum Gasteiger partial charge on any atom is -0.394 e. The fourth-order valence-corrected chi connectivity index (χ4v) is 13.2. The lowest BCUT2D eigenvalue weighted by Gasteiger charge is -2.31. The summed E-state index contributed by atoms with van der Waals surface area (Å²) in [7, 11) is 0. The van der Waals surface area contributed by atoms with Crippen molar-refractivity contribution in [2.75, 3.05) is 105 Å². The van der Waals surface area contributed by atoms with Crippen molar-refractivity contribution in [1.82, 2.24) is 51.5 Å². The van der Waals surface area contributed by atoms with E-state index >= 15 is 0 Å². The summed E-state index contributed by atoms with van der Waals surface area (Å²) in [5, 5.41) is 38.0. The van der Waals surface area contributed by atoms with Gasteiger partial charge in [-0.25, -0.2) is 4.79 Å². The van der Waals surface area contributed by atoms with Gasteiger partial charge < -0.3 is 108 Å². The molecule has 10 amide bonds. The molecule has 0 bridgehead atoms. The molecule has 1 fully saturated rings. The fourth-order valence-electron chi connectivity index (χ4n) is 13.2. The van der Waals surface area contributed by atoms with Crippen LogP contribution in [-0.4, -0.2) is 236 Å². The number of aliphatic hydroxyl groups excluding tert-OH is 2. The molecule has 29 heteroatoms. The summed E-state index contributed by atoms with van der Waals surface area (Å²) >= 11 is 0. The number of carbonyl (C=O) groups is 9. The predicted octanol–water partition coefficient (Wildman–Crippen LogP) is 4.11. The molecule has 0 aromatic rings. The quantitative estimate of drug-likeness (QED) is 0.0381. The molecule has 0 spiro atoms. The molecule has 1 aliphatic heterocycles. The average Bonchev–Trinajstić information content (AvgIpc) is 1.28. The van der Waals surface area contributed by atoms with Crippen LogP contribution in [0.15, 0.2) is 0 Å². The molecule has 1 heterocycles. The summed E-state index contributed by atoms with van der Waals surface area (Å²) in [5.41, 5.74) is 47.5. The lowest BCUT2D eigenvalue weighted by molar-refractivity contribution is -0.138. The Balaban J connectivity index is 3.11. The number of hydrogen-bond donors (Lipinski definition) is 16. The van der Waals surface area contributed by atoms with Crippen LogP contribution in [0.4, 0.5) is 4.79 Å². The van der Waals surface area contributed by atoms with E-state index in [1.54, 1.807) is 9.80 Å². The molecule has 106 heavy (non-hydrogen) atoms. The van der Waals surface area contributed by atoms with Gasteiger partial charge in [-0.1, -0.05) is 142 Å². The predicted molar refractivity (Wildman–Crippen MR) is 423 cm³/mol. The van der Waals surface area contributed by atoms with Crippen molar-refractivity contribution < 1.29 is 53.4 Å². The van der Waals surface area contributed by atoms with E-state index in [-0.39, 0.29) is 56.9 Å². The highest BCUT2D eigenvalue weighted by atomic mass is 16.3. The van der Waals surface area contributed by atoms with E-state index in [1.807, 2.05) is 9.80 Å². The van der Waals surface area contributed by atoms with Gasteiger partial charge >= 0.3 is 6.03 Å². The van der Waals surface area contributed by atoms with Crippen LogP contribution in [0.2, 0.25) is 0 Å². The van der Waals surface area contributed by atoms with Gasteiger partial charge in [-0.05, 0) is 167 Å². The largest absolute Gasteiger partial charge is 0.394 e. The summed E-state index contributed by atoms with van der Waals surface area (Å²) in [6.07, 6.45) is 34.1. The van der Waals surface area contributed by atoms with Crippen LogP contribution in [0.1, 0.15) is 284 Å². The summed E-state index contributed by atoms with van der Waals surface area (Å²) in [6, 6.07) is -7.73. The Kier molecular flexibility index (Phi) is 61.0. The number of urea groups is 1. The van der Waals surface area contributed by atoms with Crippen LogP contribution in [0.3, 0.4) is 0 Å². The number of aliphatic hydroxyl groups is 2. The van der Waals surface area contributed by atoms with Crippen molar-refractivity contribution in [2.24, 2.45) is 45.9 Å². The zero-order valence-electron chi connectivity index (χ0n) is 66.1. The number of nitrogens with zero attached hydrogens (tertiary/aromatic N) is 4. The van der Waals surface area contributed by atoms with Gasteiger partial charge in [0, 0.05) is 65.4 Å². The summed E-state index contributed by atoms with van der Waals surface area (Å²) in [6.45, 7) is 8.69. The third-order valence-corrected chi connectivity index (χ3v) is 20.1. The Morgan fingerprint density at radius 2 is 0.613 bits per heavy atom. The van der Waals surface area contributed by atoms with Gasteiger partial charge in [0.2, 0.25) is 47.3 Å². The third-order valence-electron chi connectivity index (χ3n) is 20.1. The van der Waals surface area contributed by atoms with E-state index < -0.39 is 97.0 Å². The molecular formula is C77H154N18O11. The molecule has 8 atom stereocenters. The minimum absolute atomic E-state index is 0.144. The Bertz CT molecular complexity index is 2170. The first kappa shape index (κ1) is 98.6. The van der Waals surface area contributed by atoms with Crippen LogP contribution in [0.5, 0.6) is 0 Å². The second kappa shape index (κ2) is 65.5. The number of nitrogens with one attached hydrogen (secondary N) is 6. The monoisotopic (exact) mass is 1510 g/mol. The molecule has 29 nitrogen and oxygen atoms in total. The molecule has 0 radical (unpaired) electrons. The first-order valence-corrected chi connectivity index (χ1v) is 41.7. The van der Waals surface area contributed by atoms with Crippen LogP contribution < -0.4 is 77.8 Å². The highest BCUT2D eigenvalue weighted by Crippen LogP contribution is 2.18. The lowest BCUT2D eigenvalue weighted by Crippen LogP contribution is -2.54. The summed E-state index contributed by atoms with van der Waals surface area (Å²) in [5.74, 6) is -3.54. The van der Waals surface area contributed by atoms with Crippen molar-refractivity contribution in [1.29, 1.82) is 0 Å². The zero-order valence-corrected chi connectivity index (χ0v) is 66.1. The second-order valence-corrected chi connectivity index (χ2v) is 29.4. The van der Waals surface area contributed by atoms with Gasteiger partial charge in [0.1, 0.15) is 24.2 Å². The third kappa shape index (κ3) is 46.9. The normalized spacial score (nSPS) is 14.8. The van der Waals surface area contributed by atoms with Crippen molar-refractivity contribution in [3.05, 3.63) is 0 Å². The summed E-state index contributed by atoms with van der Waals surface area (Å²) < 4.78 is 0. The zero-order chi connectivity index (χ0) is 78.4. The van der Waals surface area contributed by atoms with Crippen LogP contribution in [0.25, 0.3) is 0 Å². The van der Waals surface area contributed by atoms with E-state index in [0.29, 0.717) is 168 Å². The number of carbonyl (C=O) groups excluding carboxylic acids is 9. The molecule has 0 aliphatic carbocycles. The number of hydrogen-bond acceptors (Lipinski definition) is 19. The average molecular weight is 1510 g/mol. The molecule has 1 rings (SSSR count). The standard InChI is InChI=1S/C77H154N18O11/c1-3-5-7-9-11-13-15-17-19-33-51-92(75(104)67(59-96)90-71(100)63(84)41-25-31-49-86-73(102)65(43-23-29-47-80)88-69(98)61(82)39-21-27-45-78)55-37-57-94-53-35-36-54-95(77(94)106)58-38-56-93(52-34-20-18-16-14-12-10-8-6-4-2)76(105)68(60-97)91-72(101)64(85)42-26-32-50-87-74(103)66(44-24-30-48-81)89-70(99)62(83)40-22-28-46-79/h61-68,96-97H,3-60,78-85H2,1-2H3,(H,86,102)(H,87,103)(H,88,98)(H,89,99)(H,90,100)(H,91,101)/t61-,62-,63-,64-,65-,66-,67-,68-/m0/s1. The van der Waals surface area contributed by atoms with E-state index in [0.717, 1.165) is 89.9 Å². The Hall–Kier alpha value is -5.37. The van der Waals surface area contributed by atoms with Gasteiger partial charge in [-0.2, -0.15) is 0 Å². The number of nitrogens with two attached hydrogens (primary N) is 8. The van der Waals surface area contributed by atoms with Gasteiger partial charge in [0.25, 0.3) is 0 Å². The smallest absolute Gasteiger partial charge is 0.319 e. The maximum Gasteiger partial charge on any atom is 0.319 e. The number of amides is 10. The number of rotatable bonds is 70. The first-order chi connectivity index (χ1) is 51.3. The van der Waals surface area contributed by atoms with Crippen LogP contribution in [-0.2, 0) is 38.4 Å². The number of unbranched alkanes of at least 4 members (excludes halogenated alkanes) is 24. The highest BCUT2D eigenvalue weighted by Gasteiger charge is 2.32. The van der Waals surface area contributed by atoms with Crippen molar-refractivity contribution in [3.63, 3.8) is 0 Å². The van der Waals surface area contributed by atoms with Crippen molar-refractivity contribution in [2.45, 2.75) is 332 Å². The topological polar surface area (TPSA) is 487 Å². The molecule has 0 unspecified atom stereocenters. The Labute approximate surface area is 638 Å². The Morgan fingerprint density at radius 3 is 0.906 bits per heavy atom. The van der Waals surface area contributed by atoms with E-state index in [4.69, 9.17) is 45.9 Å². The molecular weight excluding hydrogens is 1350 g/mol. The maximum atomic E-state index is 14.4. The second-order valence-electron chi connectivity index (χ2n) is 29.4. The highest BCUT2D eigenvalue weighted by molar-refractivity contribution is 5.92. The molecule has 1 aliphatic rings. The fraction of sp³-hybridized carbons (Fsp3) is 0.883. The van der Waals surface area contributed by atoms with Crippen molar-refractivity contribution >= 4 is 53.3 Å². The minimum atomic E-state index is -1.25.